The first kappa shape index (κ1) is 14.0. The molecule has 1 aromatic carbocycles. The van der Waals surface area contributed by atoms with E-state index < -0.39 is 10.8 Å². The van der Waals surface area contributed by atoms with Crippen molar-refractivity contribution in [3.63, 3.8) is 0 Å². The molecular weight excluding hydrogens is 266 g/mol. The molecule has 0 bridgehead atoms. The van der Waals surface area contributed by atoms with Gasteiger partial charge in [0.25, 0.3) is 0 Å². The Morgan fingerprint density at radius 1 is 1.39 bits per heavy atom. The molecule has 18 heavy (non-hydrogen) atoms. The number of hydrogen-bond donors (Lipinski definition) is 1. The van der Waals surface area contributed by atoms with Gasteiger partial charge in [-0.05, 0) is 30.4 Å². The second-order valence-electron chi connectivity index (χ2n) is 4.77. The van der Waals surface area contributed by atoms with Crippen molar-refractivity contribution in [2.24, 2.45) is 0 Å². The number of rotatable bonds is 6. The first-order valence-corrected chi connectivity index (χ1v) is 8.40. The van der Waals surface area contributed by atoms with Gasteiger partial charge in [0.1, 0.15) is 0 Å². The Labute approximate surface area is 117 Å². The van der Waals surface area contributed by atoms with Crippen LogP contribution in [0.1, 0.15) is 31.2 Å². The average molecular weight is 286 g/mol. The first-order valence-electron chi connectivity index (χ1n) is 6.53. The molecule has 1 atom stereocenters. The van der Waals surface area contributed by atoms with Crippen LogP contribution in [0.3, 0.4) is 0 Å². The van der Waals surface area contributed by atoms with E-state index in [4.69, 9.17) is 11.6 Å². The van der Waals surface area contributed by atoms with Gasteiger partial charge < -0.3 is 5.32 Å². The monoisotopic (exact) mass is 285 g/mol. The minimum absolute atomic E-state index is 0.570. The van der Waals surface area contributed by atoms with Crippen molar-refractivity contribution in [1.82, 2.24) is 5.32 Å². The fourth-order valence-corrected chi connectivity index (χ4v) is 3.29. The van der Waals surface area contributed by atoms with E-state index in [0.29, 0.717) is 12.0 Å². The fourth-order valence-electron chi connectivity index (χ4n) is 2.37. The van der Waals surface area contributed by atoms with Crippen LogP contribution < -0.4 is 5.32 Å². The molecule has 0 aliphatic heterocycles. The van der Waals surface area contributed by atoms with Crippen LogP contribution in [0.4, 0.5) is 0 Å². The van der Waals surface area contributed by atoms with Crippen molar-refractivity contribution in [3.05, 3.63) is 34.9 Å². The molecule has 4 heteroatoms. The van der Waals surface area contributed by atoms with E-state index in [0.717, 1.165) is 35.9 Å². The molecule has 1 aliphatic rings. The molecule has 1 unspecified atom stereocenters. The van der Waals surface area contributed by atoms with Crippen LogP contribution in [0.2, 0.25) is 5.02 Å². The molecule has 100 valence electrons. The molecule has 2 rings (SSSR count). The molecule has 2 nitrogen and oxygen atoms in total. The summed E-state index contributed by atoms with van der Waals surface area (Å²) in [6.07, 6.45) is 2.28. The van der Waals surface area contributed by atoms with Crippen LogP contribution in [0.5, 0.6) is 0 Å². The Bertz CT molecular complexity index is 418. The van der Waals surface area contributed by atoms with Crippen LogP contribution in [0.15, 0.2) is 24.3 Å². The molecule has 0 heterocycles. The Morgan fingerprint density at radius 3 is 2.78 bits per heavy atom. The minimum Gasteiger partial charge on any atom is -0.313 e. The Kier molecular flexibility index (Phi) is 5.22. The summed E-state index contributed by atoms with van der Waals surface area (Å²) in [5, 5.41) is 4.35. The fraction of sp³-hybridized carbons (Fsp3) is 0.571. The second kappa shape index (κ2) is 6.69. The van der Waals surface area contributed by atoms with Gasteiger partial charge in [0.2, 0.25) is 0 Å². The lowest BCUT2D eigenvalue weighted by molar-refractivity contribution is 0.296. The van der Waals surface area contributed by atoms with Crippen LogP contribution in [-0.2, 0) is 10.8 Å². The Morgan fingerprint density at radius 2 is 2.11 bits per heavy atom. The van der Waals surface area contributed by atoms with Crippen molar-refractivity contribution in [2.45, 2.75) is 31.7 Å². The molecule has 1 saturated carbocycles. The van der Waals surface area contributed by atoms with E-state index in [1.54, 1.807) is 0 Å². The predicted molar refractivity (Wildman–Crippen MR) is 78.8 cm³/mol. The molecule has 1 aromatic rings. The highest BCUT2D eigenvalue weighted by Crippen LogP contribution is 2.39. The standard InChI is InChI=1S/C14H20ClNOS/c1-2-18(17)8-7-16-12-9-11(10-12)13-5-3-4-6-14(13)15/h3-6,11-12,16H,2,7-10H2,1H3. The summed E-state index contributed by atoms with van der Waals surface area (Å²) in [6, 6.07) is 8.67. The summed E-state index contributed by atoms with van der Waals surface area (Å²) >= 11 is 6.18. The van der Waals surface area contributed by atoms with Crippen LogP contribution in [0, 0.1) is 0 Å². The summed E-state index contributed by atoms with van der Waals surface area (Å²) in [5.74, 6) is 2.12. The van der Waals surface area contributed by atoms with E-state index in [2.05, 4.69) is 11.4 Å². The Hall–Kier alpha value is -0.380. The number of halogens is 1. The first-order chi connectivity index (χ1) is 8.70. The van der Waals surface area contributed by atoms with E-state index in [1.165, 1.54) is 5.56 Å². The number of nitrogens with one attached hydrogen (secondary N) is 1. The molecule has 1 N–H and O–H groups in total. The molecule has 0 amide bonds. The third-order valence-electron chi connectivity index (χ3n) is 3.57. The van der Waals surface area contributed by atoms with Gasteiger partial charge in [-0.3, -0.25) is 4.21 Å². The molecular formula is C14H20ClNOS. The third kappa shape index (κ3) is 3.56. The summed E-state index contributed by atoms with van der Waals surface area (Å²) in [6.45, 7) is 2.83. The SMILES string of the molecule is CCS(=O)CCNC1CC(c2ccccc2Cl)C1. The van der Waals surface area contributed by atoms with E-state index >= 15 is 0 Å². The maximum Gasteiger partial charge on any atom is 0.0440 e. The molecule has 0 aromatic heterocycles. The van der Waals surface area contributed by atoms with Gasteiger partial charge in [-0.25, -0.2) is 0 Å². The highest BCUT2D eigenvalue weighted by Gasteiger charge is 2.30. The lowest BCUT2D eigenvalue weighted by Crippen LogP contribution is -2.41. The summed E-state index contributed by atoms with van der Waals surface area (Å²) in [5.41, 5.74) is 1.27. The zero-order valence-electron chi connectivity index (χ0n) is 10.7. The maximum absolute atomic E-state index is 11.3. The lowest BCUT2D eigenvalue weighted by Gasteiger charge is -2.36. The quantitative estimate of drug-likeness (QED) is 0.871. The van der Waals surface area contributed by atoms with Crippen LogP contribution in [-0.4, -0.2) is 28.3 Å². The average Bonchev–Trinajstić information content (AvgIpc) is 2.33. The highest BCUT2D eigenvalue weighted by molar-refractivity contribution is 7.84. The predicted octanol–water partition coefficient (Wildman–Crippen LogP) is 2.94. The molecule has 0 radical (unpaired) electrons. The second-order valence-corrected chi connectivity index (χ2v) is 7.05. The molecule has 1 fully saturated rings. The van der Waals surface area contributed by atoms with Gasteiger partial charge in [-0.2, -0.15) is 0 Å². The highest BCUT2D eigenvalue weighted by atomic mass is 35.5. The normalized spacial score (nSPS) is 24.6. The number of benzene rings is 1. The van der Waals surface area contributed by atoms with E-state index in [-0.39, 0.29) is 0 Å². The van der Waals surface area contributed by atoms with Crippen molar-refractivity contribution in [3.8, 4) is 0 Å². The molecule has 0 saturated heterocycles. The van der Waals surface area contributed by atoms with Crippen LogP contribution >= 0.6 is 11.6 Å². The van der Waals surface area contributed by atoms with E-state index in [1.807, 2.05) is 25.1 Å². The van der Waals surface area contributed by atoms with E-state index in [9.17, 15) is 4.21 Å². The zero-order valence-corrected chi connectivity index (χ0v) is 12.3. The third-order valence-corrected chi connectivity index (χ3v) is 5.22. The van der Waals surface area contributed by atoms with Crippen molar-refractivity contribution < 1.29 is 4.21 Å². The number of hydrogen-bond acceptors (Lipinski definition) is 2. The zero-order chi connectivity index (χ0) is 13.0. The maximum atomic E-state index is 11.3. The van der Waals surface area contributed by atoms with Crippen molar-refractivity contribution >= 4 is 22.4 Å². The Balaban J connectivity index is 1.71. The summed E-state index contributed by atoms with van der Waals surface area (Å²) in [4.78, 5) is 0. The minimum atomic E-state index is -0.653. The van der Waals surface area contributed by atoms with Crippen molar-refractivity contribution in [1.29, 1.82) is 0 Å². The molecule has 1 aliphatic carbocycles. The van der Waals surface area contributed by atoms with Gasteiger partial charge in [0.05, 0.1) is 0 Å². The largest absolute Gasteiger partial charge is 0.313 e. The topological polar surface area (TPSA) is 29.1 Å². The lowest BCUT2D eigenvalue weighted by atomic mass is 9.76. The molecule has 0 spiro atoms. The van der Waals surface area contributed by atoms with Gasteiger partial charge in [-0.15, -0.1) is 0 Å². The van der Waals surface area contributed by atoms with Crippen LogP contribution in [0.25, 0.3) is 0 Å². The smallest absolute Gasteiger partial charge is 0.0440 e. The van der Waals surface area contributed by atoms with Gasteiger partial charge >= 0.3 is 0 Å². The summed E-state index contributed by atoms with van der Waals surface area (Å²) < 4.78 is 11.3. The summed E-state index contributed by atoms with van der Waals surface area (Å²) in [7, 11) is -0.653. The van der Waals surface area contributed by atoms with Crippen molar-refractivity contribution in [2.75, 3.05) is 18.1 Å². The van der Waals surface area contributed by atoms with Gasteiger partial charge in [-0.1, -0.05) is 36.7 Å². The van der Waals surface area contributed by atoms with Gasteiger partial charge in [0.15, 0.2) is 0 Å². The van der Waals surface area contributed by atoms with Gasteiger partial charge in [0, 0.05) is 39.9 Å².